The van der Waals surface area contributed by atoms with Crippen LogP contribution in [-0.4, -0.2) is 0 Å². The molecular formula is C12H8Cl3N. The molecule has 0 aliphatic heterocycles. The highest BCUT2D eigenvalue weighted by molar-refractivity contribution is 6.41. The molecule has 0 fully saturated rings. The highest BCUT2D eigenvalue weighted by atomic mass is 35.5. The van der Waals surface area contributed by atoms with Crippen molar-refractivity contribution in [3.8, 4) is 0 Å². The molecule has 1 nitrogen and oxygen atoms in total. The lowest BCUT2D eigenvalue weighted by molar-refractivity contribution is 1.55. The molecule has 0 aliphatic rings. The Morgan fingerprint density at radius 1 is 0.812 bits per heavy atom. The van der Waals surface area contributed by atoms with Gasteiger partial charge in [0.15, 0.2) is 0 Å². The maximum atomic E-state index is 6.05. The molecule has 2 aromatic carbocycles. The Balaban J connectivity index is 2.35. The molecule has 4 heteroatoms. The fourth-order valence-electron chi connectivity index (χ4n) is 1.33. The van der Waals surface area contributed by atoms with Gasteiger partial charge >= 0.3 is 0 Å². The first-order valence-electron chi connectivity index (χ1n) is 4.63. The smallest absolute Gasteiger partial charge is 0.0764 e. The molecule has 82 valence electrons. The number of hydrogen-bond acceptors (Lipinski definition) is 1. The SMILES string of the molecule is Clc1cc(Cl)c(Nc2ccccc2)c(Cl)c1. The topological polar surface area (TPSA) is 12.0 Å². The third-order valence-corrected chi connectivity index (χ3v) is 2.86. The molecule has 0 aromatic heterocycles. The highest BCUT2D eigenvalue weighted by Crippen LogP contribution is 2.35. The molecule has 1 N–H and O–H groups in total. The van der Waals surface area contributed by atoms with Crippen LogP contribution in [0, 0.1) is 0 Å². The van der Waals surface area contributed by atoms with Gasteiger partial charge in [0.25, 0.3) is 0 Å². The van der Waals surface area contributed by atoms with E-state index in [-0.39, 0.29) is 0 Å². The van der Waals surface area contributed by atoms with Crippen molar-refractivity contribution in [2.75, 3.05) is 5.32 Å². The fourth-order valence-corrected chi connectivity index (χ4v) is 2.24. The maximum Gasteiger partial charge on any atom is 0.0764 e. The first-order valence-corrected chi connectivity index (χ1v) is 5.77. The number of hydrogen-bond donors (Lipinski definition) is 1. The van der Waals surface area contributed by atoms with Crippen LogP contribution in [0.1, 0.15) is 0 Å². The summed E-state index contributed by atoms with van der Waals surface area (Å²) in [5.41, 5.74) is 1.59. The predicted molar refractivity (Wildman–Crippen MR) is 71.2 cm³/mol. The Kier molecular flexibility index (Phi) is 3.59. The largest absolute Gasteiger partial charge is 0.353 e. The minimum Gasteiger partial charge on any atom is -0.353 e. The van der Waals surface area contributed by atoms with Gasteiger partial charge < -0.3 is 5.32 Å². The average molecular weight is 273 g/mol. The lowest BCUT2D eigenvalue weighted by Gasteiger charge is -2.10. The van der Waals surface area contributed by atoms with Crippen molar-refractivity contribution in [1.82, 2.24) is 0 Å². The maximum absolute atomic E-state index is 6.05. The van der Waals surface area contributed by atoms with Crippen molar-refractivity contribution in [3.63, 3.8) is 0 Å². The van der Waals surface area contributed by atoms with Crippen molar-refractivity contribution < 1.29 is 0 Å². The van der Waals surface area contributed by atoms with E-state index < -0.39 is 0 Å². The Labute approximate surface area is 109 Å². The van der Waals surface area contributed by atoms with Crippen molar-refractivity contribution in [3.05, 3.63) is 57.5 Å². The second-order valence-electron chi connectivity index (χ2n) is 3.24. The van der Waals surface area contributed by atoms with Crippen LogP contribution in [0.15, 0.2) is 42.5 Å². The molecule has 16 heavy (non-hydrogen) atoms. The normalized spacial score (nSPS) is 10.2. The van der Waals surface area contributed by atoms with Gasteiger partial charge in [0.2, 0.25) is 0 Å². The van der Waals surface area contributed by atoms with Gasteiger partial charge in [0.05, 0.1) is 15.7 Å². The molecular weight excluding hydrogens is 264 g/mol. The van der Waals surface area contributed by atoms with E-state index in [1.54, 1.807) is 12.1 Å². The monoisotopic (exact) mass is 271 g/mol. The lowest BCUT2D eigenvalue weighted by Crippen LogP contribution is -1.91. The Bertz CT molecular complexity index is 474. The van der Waals surface area contributed by atoms with Gasteiger partial charge in [-0.3, -0.25) is 0 Å². The summed E-state index contributed by atoms with van der Waals surface area (Å²) >= 11 is 17.9. The molecule has 0 saturated heterocycles. The number of rotatable bonds is 2. The van der Waals surface area contributed by atoms with Gasteiger partial charge in [-0.25, -0.2) is 0 Å². The second kappa shape index (κ2) is 4.96. The van der Waals surface area contributed by atoms with E-state index in [9.17, 15) is 0 Å². The summed E-state index contributed by atoms with van der Waals surface area (Å²) in [6.45, 7) is 0. The van der Waals surface area contributed by atoms with E-state index in [4.69, 9.17) is 34.8 Å². The zero-order valence-electron chi connectivity index (χ0n) is 8.18. The van der Waals surface area contributed by atoms with Crippen LogP contribution in [-0.2, 0) is 0 Å². The average Bonchev–Trinajstić information content (AvgIpc) is 2.25. The van der Waals surface area contributed by atoms with Crippen LogP contribution in [0.5, 0.6) is 0 Å². The zero-order chi connectivity index (χ0) is 11.5. The summed E-state index contributed by atoms with van der Waals surface area (Å²) in [7, 11) is 0. The van der Waals surface area contributed by atoms with Crippen molar-refractivity contribution >= 4 is 46.2 Å². The summed E-state index contributed by atoms with van der Waals surface area (Å²) < 4.78 is 0. The van der Waals surface area contributed by atoms with Crippen LogP contribution in [0.25, 0.3) is 0 Å². The lowest BCUT2D eigenvalue weighted by atomic mass is 10.2. The summed E-state index contributed by atoms with van der Waals surface area (Å²) in [6, 6.07) is 13.0. The van der Waals surface area contributed by atoms with Crippen LogP contribution >= 0.6 is 34.8 Å². The van der Waals surface area contributed by atoms with Crippen LogP contribution in [0.4, 0.5) is 11.4 Å². The Morgan fingerprint density at radius 3 is 1.94 bits per heavy atom. The Morgan fingerprint density at radius 2 is 1.38 bits per heavy atom. The van der Waals surface area contributed by atoms with Crippen LogP contribution in [0.3, 0.4) is 0 Å². The molecule has 0 bridgehead atoms. The molecule has 0 heterocycles. The standard InChI is InChI=1S/C12H8Cl3N/c13-8-6-10(14)12(11(15)7-8)16-9-4-2-1-3-5-9/h1-7,16H. The fraction of sp³-hybridized carbons (Fsp3) is 0. The molecule has 2 aromatic rings. The molecule has 0 amide bonds. The Hall–Kier alpha value is -0.890. The number of benzene rings is 2. The van der Waals surface area contributed by atoms with Gasteiger partial charge in [0.1, 0.15) is 0 Å². The van der Waals surface area contributed by atoms with E-state index >= 15 is 0 Å². The zero-order valence-corrected chi connectivity index (χ0v) is 10.4. The molecule has 0 radical (unpaired) electrons. The van der Waals surface area contributed by atoms with Crippen molar-refractivity contribution in [1.29, 1.82) is 0 Å². The second-order valence-corrected chi connectivity index (χ2v) is 4.49. The number of anilines is 2. The van der Waals surface area contributed by atoms with Gasteiger partial charge in [0, 0.05) is 10.7 Å². The first kappa shape index (κ1) is 11.6. The number of para-hydroxylation sites is 1. The molecule has 0 aliphatic carbocycles. The first-order chi connectivity index (χ1) is 7.66. The number of halogens is 3. The van der Waals surface area contributed by atoms with Crippen molar-refractivity contribution in [2.45, 2.75) is 0 Å². The summed E-state index contributed by atoms with van der Waals surface area (Å²) in [5.74, 6) is 0. The quantitative estimate of drug-likeness (QED) is 0.773. The molecule has 0 atom stereocenters. The van der Waals surface area contributed by atoms with Gasteiger partial charge in [-0.2, -0.15) is 0 Å². The summed E-state index contributed by atoms with van der Waals surface area (Å²) in [5, 5.41) is 4.67. The third-order valence-electron chi connectivity index (χ3n) is 2.05. The van der Waals surface area contributed by atoms with Crippen LogP contribution < -0.4 is 5.32 Å². The highest BCUT2D eigenvalue weighted by Gasteiger charge is 2.07. The third kappa shape index (κ3) is 2.62. The molecule has 0 unspecified atom stereocenters. The minimum absolute atomic E-state index is 0.501. The molecule has 0 spiro atoms. The summed E-state index contributed by atoms with van der Waals surface area (Å²) in [6.07, 6.45) is 0. The summed E-state index contributed by atoms with van der Waals surface area (Å²) in [4.78, 5) is 0. The van der Waals surface area contributed by atoms with E-state index in [0.717, 1.165) is 5.69 Å². The minimum atomic E-state index is 0.501. The van der Waals surface area contributed by atoms with Crippen molar-refractivity contribution in [2.24, 2.45) is 0 Å². The molecule has 2 rings (SSSR count). The van der Waals surface area contributed by atoms with E-state index in [1.807, 2.05) is 30.3 Å². The molecule has 0 saturated carbocycles. The van der Waals surface area contributed by atoms with E-state index in [1.165, 1.54) is 0 Å². The number of nitrogens with one attached hydrogen (secondary N) is 1. The van der Waals surface area contributed by atoms with Gasteiger partial charge in [-0.15, -0.1) is 0 Å². The van der Waals surface area contributed by atoms with E-state index in [2.05, 4.69) is 5.32 Å². The van der Waals surface area contributed by atoms with Crippen LogP contribution in [0.2, 0.25) is 15.1 Å². The van der Waals surface area contributed by atoms with Gasteiger partial charge in [-0.1, -0.05) is 53.0 Å². The van der Waals surface area contributed by atoms with Gasteiger partial charge in [-0.05, 0) is 24.3 Å². The predicted octanol–water partition coefficient (Wildman–Crippen LogP) is 5.39. The van der Waals surface area contributed by atoms with E-state index in [0.29, 0.717) is 20.8 Å².